The largest absolute Gasteiger partial charge is 0.423 e. The summed E-state index contributed by atoms with van der Waals surface area (Å²) in [7, 11) is 1.66. The van der Waals surface area contributed by atoms with Crippen molar-refractivity contribution in [1.29, 1.82) is 0 Å². The van der Waals surface area contributed by atoms with Crippen molar-refractivity contribution in [3.05, 3.63) is 41.8 Å². The molecule has 1 aromatic carbocycles. The van der Waals surface area contributed by atoms with Crippen LogP contribution in [0.25, 0.3) is 5.76 Å². The number of carbonyl (C=O) groups excluding carboxylic acids is 2. The molecule has 148 valence electrons. The second kappa shape index (κ2) is 7.26. The quantitative estimate of drug-likeness (QED) is 0.705. The molecule has 7 nitrogen and oxygen atoms in total. The number of amides is 3. The number of nitrogens with zero attached hydrogens (tertiary/aromatic N) is 4. The predicted molar refractivity (Wildman–Crippen MR) is 101 cm³/mol. The maximum Gasteiger partial charge on any atom is 0.328 e. The second-order valence-electron chi connectivity index (χ2n) is 7.22. The fourth-order valence-electron chi connectivity index (χ4n) is 3.73. The van der Waals surface area contributed by atoms with Crippen LogP contribution in [0, 0.1) is 5.82 Å². The lowest BCUT2D eigenvalue weighted by Gasteiger charge is -2.39. The third kappa shape index (κ3) is 3.02. The van der Waals surface area contributed by atoms with Crippen LogP contribution in [-0.4, -0.2) is 58.5 Å². The first kappa shape index (κ1) is 18.5. The lowest BCUT2D eigenvalue weighted by atomic mass is 10.1. The molecule has 28 heavy (non-hydrogen) atoms. The maximum atomic E-state index is 13.2. The summed E-state index contributed by atoms with van der Waals surface area (Å²) in [5, 5.41) is 0. The molecule has 4 rings (SSSR count). The van der Waals surface area contributed by atoms with Gasteiger partial charge in [0.2, 0.25) is 0 Å². The van der Waals surface area contributed by atoms with Gasteiger partial charge in [0.1, 0.15) is 5.82 Å². The van der Waals surface area contributed by atoms with Crippen molar-refractivity contribution in [1.82, 2.24) is 14.7 Å². The summed E-state index contributed by atoms with van der Waals surface area (Å²) >= 11 is 0. The third-order valence-electron chi connectivity index (χ3n) is 5.32. The van der Waals surface area contributed by atoms with Gasteiger partial charge in [-0.1, -0.05) is 26.2 Å². The van der Waals surface area contributed by atoms with Crippen LogP contribution in [0.4, 0.5) is 9.18 Å². The van der Waals surface area contributed by atoms with Gasteiger partial charge in [-0.05, 0) is 30.7 Å². The van der Waals surface area contributed by atoms with Crippen molar-refractivity contribution < 1.29 is 18.7 Å². The van der Waals surface area contributed by atoms with Gasteiger partial charge in [-0.2, -0.15) is 0 Å². The van der Waals surface area contributed by atoms with Crippen LogP contribution < -0.4 is 0 Å². The van der Waals surface area contributed by atoms with E-state index in [9.17, 15) is 14.0 Å². The van der Waals surface area contributed by atoms with E-state index in [2.05, 4.69) is 11.9 Å². The number of hydrogen-bond donors (Lipinski definition) is 0. The summed E-state index contributed by atoms with van der Waals surface area (Å²) in [5.41, 5.74) is 0.694. The minimum atomic E-state index is -0.637. The van der Waals surface area contributed by atoms with Crippen LogP contribution in [0.1, 0.15) is 38.2 Å². The average Bonchev–Trinajstić information content (AvgIpc) is 3.24. The summed E-state index contributed by atoms with van der Waals surface area (Å²) in [6, 6.07) is 5.25. The molecule has 0 spiro atoms. The first-order valence-corrected chi connectivity index (χ1v) is 9.61. The van der Waals surface area contributed by atoms with Gasteiger partial charge >= 0.3 is 6.03 Å². The van der Waals surface area contributed by atoms with Gasteiger partial charge in [0, 0.05) is 19.2 Å². The van der Waals surface area contributed by atoms with Crippen LogP contribution in [-0.2, 0) is 9.53 Å². The van der Waals surface area contributed by atoms with Gasteiger partial charge in [-0.25, -0.2) is 14.2 Å². The number of likely N-dealkylation sites (N-methyl/N-ethyl adjacent to an activating group) is 1. The van der Waals surface area contributed by atoms with Gasteiger partial charge in [0.25, 0.3) is 11.9 Å². The molecule has 0 radical (unpaired) electrons. The van der Waals surface area contributed by atoms with E-state index in [4.69, 9.17) is 4.74 Å². The van der Waals surface area contributed by atoms with Crippen LogP contribution in [0.2, 0.25) is 0 Å². The molecule has 3 heterocycles. The molecule has 1 saturated heterocycles. The van der Waals surface area contributed by atoms with E-state index in [1.807, 2.05) is 0 Å². The van der Waals surface area contributed by atoms with E-state index in [0.29, 0.717) is 17.9 Å². The number of ether oxygens (including phenoxy) is 1. The number of unbranched alkanes of at least 4 members (excludes halogenated alkanes) is 3. The van der Waals surface area contributed by atoms with Crippen molar-refractivity contribution in [2.75, 3.05) is 13.6 Å². The van der Waals surface area contributed by atoms with Gasteiger partial charge in [-0.3, -0.25) is 14.6 Å². The van der Waals surface area contributed by atoms with Gasteiger partial charge in [-0.15, -0.1) is 0 Å². The number of fused-ring (bicyclic) bond motifs is 3. The van der Waals surface area contributed by atoms with Crippen LogP contribution >= 0.6 is 0 Å². The monoisotopic (exact) mass is 386 g/mol. The Morgan fingerprint density at radius 3 is 2.61 bits per heavy atom. The van der Waals surface area contributed by atoms with Crippen LogP contribution in [0.3, 0.4) is 0 Å². The average molecular weight is 386 g/mol. The van der Waals surface area contributed by atoms with E-state index in [1.165, 1.54) is 21.9 Å². The summed E-state index contributed by atoms with van der Waals surface area (Å²) in [6.45, 7) is 2.52. The Morgan fingerprint density at radius 1 is 1.14 bits per heavy atom. The number of benzene rings is 1. The maximum absolute atomic E-state index is 13.2. The normalized spacial score (nSPS) is 23.5. The summed E-state index contributed by atoms with van der Waals surface area (Å²) in [5.74, 6) is -0.0934. The van der Waals surface area contributed by atoms with Gasteiger partial charge in [0.15, 0.2) is 18.0 Å². The molecule has 1 aromatic rings. The second-order valence-corrected chi connectivity index (χ2v) is 7.22. The molecule has 3 aliphatic heterocycles. The van der Waals surface area contributed by atoms with Crippen molar-refractivity contribution in [2.24, 2.45) is 4.99 Å². The number of rotatable bonds is 6. The van der Waals surface area contributed by atoms with E-state index < -0.39 is 12.2 Å². The molecular weight excluding hydrogens is 363 g/mol. The zero-order valence-corrected chi connectivity index (χ0v) is 16.0. The highest BCUT2D eigenvalue weighted by atomic mass is 19.1. The number of aliphatic imine (C=N–C) groups is 1. The topological polar surface area (TPSA) is 65.5 Å². The number of urea groups is 1. The van der Waals surface area contributed by atoms with Crippen LogP contribution in [0.5, 0.6) is 0 Å². The highest BCUT2D eigenvalue weighted by Gasteiger charge is 2.53. The standard InChI is InChI=1S/C20H23FN4O3/c1-3-4-5-6-11-24-18(26)16-17(23(2)20(24)27)22-19-25(16)12-15(28-19)13-7-9-14(21)10-8-13/h7-10,12,16-17H,3-6,11H2,1-2H3. The number of carbonyl (C=O) groups is 2. The first-order chi connectivity index (χ1) is 13.5. The fraction of sp³-hybridized carbons (Fsp3) is 0.450. The smallest absolute Gasteiger partial charge is 0.328 e. The molecule has 0 aliphatic carbocycles. The summed E-state index contributed by atoms with van der Waals surface area (Å²) in [4.78, 5) is 34.6. The Balaban J connectivity index is 1.54. The Kier molecular flexibility index (Phi) is 4.78. The minimum Gasteiger partial charge on any atom is -0.423 e. The summed E-state index contributed by atoms with van der Waals surface area (Å²) in [6.07, 6.45) is 5.04. The molecule has 8 heteroatoms. The fourth-order valence-corrected chi connectivity index (χ4v) is 3.73. The van der Waals surface area contributed by atoms with Gasteiger partial charge in [0.05, 0.1) is 6.20 Å². The lowest BCUT2D eigenvalue weighted by molar-refractivity contribution is -0.136. The van der Waals surface area contributed by atoms with E-state index >= 15 is 0 Å². The minimum absolute atomic E-state index is 0.261. The number of imide groups is 1. The molecule has 3 amide bonds. The molecule has 3 aliphatic rings. The lowest BCUT2D eigenvalue weighted by Crippen LogP contribution is -2.64. The molecule has 1 fully saturated rings. The number of amidine groups is 1. The van der Waals surface area contributed by atoms with E-state index in [1.54, 1.807) is 30.3 Å². The molecular formula is C20H23FN4O3. The van der Waals surface area contributed by atoms with Crippen molar-refractivity contribution >= 4 is 23.7 Å². The predicted octanol–water partition coefficient (Wildman–Crippen LogP) is 2.99. The molecule has 2 atom stereocenters. The molecule has 0 aromatic heterocycles. The van der Waals surface area contributed by atoms with E-state index in [-0.39, 0.29) is 23.8 Å². The van der Waals surface area contributed by atoms with Crippen molar-refractivity contribution in [3.8, 4) is 0 Å². The van der Waals surface area contributed by atoms with E-state index in [0.717, 1.165) is 25.7 Å². The Labute approximate surface area is 163 Å². The molecule has 0 saturated carbocycles. The Hall–Kier alpha value is -2.90. The number of hydrogen-bond acceptors (Lipinski definition) is 5. The molecule has 0 N–H and O–H groups in total. The summed E-state index contributed by atoms with van der Waals surface area (Å²) < 4.78 is 19.0. The first-order valence-electron chi connectivity index (χ1n) is 9.61. The SMILES string of the molecule is CCCCCCN1C(=O)C2C(N=C3OC(c4ccc(F)cc4)=CN32)N(C)C1=O. The zero-order chi connectivity index (χ0) is 19.8. The molecule has 0 bridgehead atoms. The van der Waals surface area contributed by atoms with Gasteiger partial charge < -0.3 is 9.64 Å². The van der Waals surface area contributed by atoms with Crippen molar-refractivity contribution in [2.45, 2.75) is 44.8 Å². The molecule has 2 unspecified atom stereocenters. The zero-order valence-electron chi connectivity index (χ0n) is 16.0. The third-order valence-corrected chi connectivity index (χ3v) is 5.32. The Morgan fingerprint density at radius 2 is 1.89 bits per heavy atom. The Bertz CT molecular complexity index is 852. The highest BCUT2D eigenvalue weighted by molar-refractivity contribution is 6.04. The highest BCUT2D eigenvalue weighted by Crippen LogP contribution is 2.35. The van der Waals surface area contributed by atoms with Crippen molar-refractivity contribution in [3.63, 3.8) is 0 Å². The number of halogens is 1. The van der Waals surface area contributed by atoms with Crippen LogP contribution in [0.15, 0.2) is 35.5 Å².